The summed E-state index contributed by atoms with van der Waals surface area (Å²) in [6, 6.07) is 21.9. The molecule has 2 aromatic carbocycles. The number of rotatable bonds is 4. The van der Waals surface area contributed by atoms with Crippen molar-refractivity contribution >= 4 is 0 Å². The van der Waals surface area contributed by atoms with Gasteiger partial charge in [-0.25, -0.2) is 0 Å². The smallest absolute Gasteiger partial charge is 0.0780 e. The monoisotopic (exact) mass is 250 g/mol. The second-order valence-corrected chi connectivity index (χ2v) is 4.64. The van der Waals surface area contributed by atoms with Crippen LogP contribution < -0.4 is 0 Å². The summed E-state index contributed by atoms with van der Waals surface area (Å²) < 4.78 is 0. The Morgan fingerprint density at radius 3 is 2.21 bits per heavy atom. The summed E-state index contributed by atoms with van der Waals surface area (Å²) in [5.41, 5.74) is 3.53. The molecule has 0 amide bonds. The number of benzene rings is 2. The third kappa shape index (κ3) is 4.26. The first-order valence-corrected chi connectivity index (χ1v) is 6.98. The predicted molar refractivity (Wildman–Crippen MR) is 82.6 cm³/mol. The molecular weight excluding hydrogens is 230 g/mol. The lowest BCUT2D eigenvalue weighted by Crippen LogP contribution is -1.79. The van der Waals surface area contributed by atoms with Crippen LogP contribution in [0.1, 0.15) is 31.7 Å². The molecule has 0 aliphatic rings. The SMILES string of the molecule is CCCCC[N+]#Cc1ccc(-c2ccccc2)cc1. The molecule has 96 valence electrons. The van der Waals surface area contributed by atoms with Gasteiger partial charge in [-0.2, -0.15) is 0 Å². The van der Waals surface area contributed by atoms with Gasteiger partial charge in [0, 0.05) is 6.42 Å². The zero-order valence-corrected chi connectivity index (χ0v) is 11.5. The van der Waals surface area contributed by atoms with Crippen LogP contribution in [-0.4, -0.2) is 6.54 Å². The van der Waals surface area contributed by atoms with E-state index in [1.54, 1.807) is 0 Å². The summed E-state index contributed by atoms with van der Waals surface area (Å²) in [7, 11) is 0. The molecule has 0 saturated carbocycles. The summed E-state index contributed by atoms with van der Waals surface area (Å²) in [6.07, 6.45) is 3.64. The van der Waals surface area contributed by atoms with Gasteiger partial charge in [0.25, 0.3) is 6.54 Å². The van der Waals surface area contributed by atoms with Gasteiger partial charge in [-0.1, -0.05) is 60.7 Å². The predicted octanol–water partition coefficient (Wildman–Crippen LogP) is 5.22. The summed E-state index contributed by atoms with van der Waals surface area (Å²) in [6.45, 7) is 3.09. The Hall–Kier alpha value is -2.07. The van der Waals surface area contributed by atoms with Gasteiger partial charge in [-0.3, -0.25) is 0 Å². The summed E-state index contributed by atoms with van der Waals surface area (Å²) >= 11 is 0. The minimum Gasteiger partial charge on any atom is -0.0780 e. The van der Waals surface area contributed by atoms with Gasteiger partial charge in [0.05, 0.1) is 0 Å². The largest absolute Gasteiger partial charge is 0.311 e. The summed E-state index contributed by atoms with van der Waals surface area (Å²) in [4.78, 5) is 4.33. The van der Waals surface area contributed by atoms with Crippen LogP contribution in [-0.2, 0) is 0 Å². The minimum atomic E-state index is 0.883. The van der Waals surface area contributed by atoms with Crippen LogP contribution in [0, 0.1) is 6.07 Å². The standard InChI is InChI=1S/C18H20N/c1-2-3-7-14-19-15-16-10-12-18(13-11-16)17-8-5-4-6-9-17/h4-6,8-13H,2-3,7,14H2,1H3/q+1. The van der Waals surface area contributed by atoms with E-state index in [4.69, 9.17) is 0 Å². The van der Waals surface area contributed by atoms with Crippen molar-refractivity contribution in [2.75, 3.05) is 6.54 Å². The van der Waals surface area contributed by atoms with Crippen LogP contribution >= 0.6 is 0 Å². The molecule has 2 rings (SSSR count). The average molecular weight is 250 g/mol. The summed E-state index contributed by atoms with van der Waals surface area (Å²) in [5.74, 6) is 0. The molecule has 19 heavy (non-hydrogen) atoms. The van der Waals surface area contributed by atoms with E-state index in [2.05, 4.69) is 66.4 Å². The van der Waals surface area contributed by atoms with E-state index in [9.17, 15) is 0 Å². The van der Waals surface area contributed by atoms with Crippen LogP contribution in [0.25, 0.3) is 16.0 Å². The maximum absolute atomic E-state index is 4.33. The molecule has 0 bridgehead atoms. The van der Waals surface area contributed by atoms with Crippen molar-refractivity contribution in [3.05, 3.63) is 65.0 Å². The first kappa shape index (κ1) is 13.4. The molecule has 0 aliphatic carbocycles. The lowest BCUT2D eigenvalue weighted by Gasteiger charge is -1.99. The van der Waals surface area contributed by atoms with E-state index in [0.717, 1.165) is 18.5 Å². The van der Waals surface area contributed by atoms with Crippen molar-refractivity contribution in [3.8, 4) is 17.2 Å². The molecule has 0 N–H and O–H groups in total. The fraction of sp³-hybridized carbons (Fsp3) is 0.278. The fourth-order valence-electron chi connectivity index (χ4n) is 1.96. The Balaban J connectivity index is 1.99. The van der Waals surface area contributed by atoms with Gasteiger partial charge in [-0.05, 0) is 29.7 Å². The van der Waals surface area contributed by atoms with Crippen LogP contribution in [0.15, 0.2) is 54.6 Å². The van der Waals surface area contributed by atoms with E-state index >= 15 is 0 Å². The Labute approximate surface area is 115 Å². The molecule has 1 nitrogen and oxygen atoms in total. The molecule has 0 unspecified atom stereocenters. The molecular formula is C18H20N+. The second kappa shape index (κ2) is 7.38. The third-order valence-electron chi connectivity index (χ3n) is 3.07. The zero-order chi connectivity index (χ0) is 13.3. The van der Waals surface area contributed by atoms with Crippen LogP contribution in [0.3, 0.4) is 0 Å². The molecule has 0 fully saturated rings. The van der Waals surface area contributed by atoms with Crippen molar-refractivity contribution in [2.45, 2.75) is 26.2 Å². The molecule has 0 aromatic heterocycles. The zero-order valence-electron chi connectivity index (χ0n) is 11.5. The topological polar surface area (TPSA) is 4.36 Å². The first-order chi connectivity index (χ1) is 9.40. The molecule has 0 atom stereocenters. The molecule has 0 saturated heterocycles. The highest BCUT2D eigenvalue weighted by molar-refractivity contribution is 5.64. The summed E-state index contributed by atoms with van der Waals surface area (Å²) in [5, 5.41) is 0. The number of hydrogen-bond donors (Lipinski definition) is 0. The lowest BCUT2D eigenvalue weighted by atomic mass is 10.0. The molecule has 0 spiro atoms. The highest BCUT2D eigenvalue weighted by Crippen LogP contribution is 2.18. The lowest BCUT2D eigenvalue weighted by molar-refractivity contribution is 0.758. The van der Waals surface area contributed by atoms with E-state index in [-0.39, 0.29) is 0 Å². The number of unbranched alkanes of at least 4 members (excludes halogenated alkanes) is 2. The van der Waals surface area contributed by atoms with Crippen LogP contribution in [0.4, 0.5) is 0 Å². The molecule has 0 aliphatic heterocycles. The van der Waals surface area contributed by atoms with Gasteiger partial charge in [0.1, 0.15) is 5.56 Å². The van der Waals surface area contributed by atoms with E-state index in [1.165, 1.54) is 24.0 Å². The number of hydrogen-bond acceptors (Lipinski definition) is 0. The van der Waals surface area contributed by atoms with Crippen molar-refractivity contribution < 1.29 is 0 Å². The Kier molecular flexibility index (Phi) is 5.19. The van der Waals surface area contributed by atoms with E-state index < -0.39 is 0 Å². The molecule has 1 heteroatoms. The third-order valence-corrected chi connectivity index (χ3v) is 3.07. The highest BCUT2D eigenvalue weighted by Gasteiger charge is 1.99. The van der Waals surface area contributed by atoms with Crippen molar-refractivity contribution in [3.63, 3.8) is 0 Å². The van der Waals surface area contributed by atoms with Gasteiger partial charge >= 0.3 is 6.07 Å². The Morgan fingerprint density at radius 2 is 1.53 bits per heavy atom. The Bertz CT molecular complexity index is 544. The maximum Gasteiger partial charge on any atom is 0.311 e. The van der Waals surface area contributed by atoms with E-state index in [1.807, 2.05) is 6.07 Å². The van der Waals surface area contributed by atoms with Gasteiger partial charge in [0.15, 0.2) is 0 Å². The first-order valence-electron chi connectivity index (χ1n) is 6.98. The van der Waals surface area contributed by atoms with Gasteiger partial charge in [0.2, 0.25) is 0 Å². The van der Waals surface area contributed by atoms with Crippen LogP contribution in [0.5, 0.6) is 0 Å². The van der Waals surface area contributed by atoms with Crippen molar-refractivity contribution in [1.82, 2.24) is 0 Å². The quantitative estimate of drug-likeness (QED) is 0.655. The number of nitrogens with zero attached hydrogens (tertiary/aromatic N) is 1. The molecule has 0 heterocycles. The van der Waals surface area contributed by atoms with Gasteiger partial charge < -0.3 is 0 Å². The van der Waals surface area contributed by atoms with Crippen molar-refractivity contribution in [1.29, 1.82) is 0 Å². The Morgan fingerprint density at radius 1 is 0.842 bits per heavy atom. The van der Waals surface area contributed by atoms with Crippen LogP contribution in [0.2, 0.25) is 0 Å². The minimum absolute atomic E-state index is 0.883. The van der Waals surface area contributed by atoms with Gasteiger partial charge in [-0.15, -0.1) is 0 Å². The van der Waals surface area contributed by atoms with Crippen molar-refractivity contribution in [2.24, 2.45) is 0 Å². The normalized spacial score (nSPS) is 9.74. The average Bonchev–Trinajstić information content (AvgIpc) is 2.49. The fourth-order valence-corrected chi connectivity index (χ4v) is 1.96. The second-order valence-electron chi connectivity index (χ2n) is 4.64. The molecule has 0 radical (unpaired) electrons. The molecule has 2 aromatic rings. The maximum atomic E-state index is 4.33. The van der Waals surface area contributed by atoms with E-state index in [0.29, 0.717) is 0 Å². The highest BCUT2D eigenvalue weighted by atomic mass is 14.6.